The number of hydrogen-bond acceptors (Lipinski definition) is 4. The first-order chi connectivity index (χ1) is 11.5. The molecule has 2 fully saturated rings. The van der Waals surface area contributed by atoms with Gasteiger partial charge in [0.05, 0.1) is 17.1 Å². The van der Waals surface area contributed by atoms with E-state index in [4.69, 9.17) is 0 Å². The highest BCUT2D eigenvalue weighted by Crippen LogP contribution is 2.47. The lowest BCUT2D eigenvalue weighted by molar-refractivity contribution is -0.143. The molecule has 0 N–H and O–H groups in total. The lowest BCUT2D eigenvalue weighted by Crippen LogP contribution is -2.50. The molecule has 3 aliphatic heterocycles. The molecule has 1 aromatic heterocycles. The van der Waals surface area contributed by atoms with Gasteiger partial charge in [0.15, 0.2) is 0 Å². The minimum Gasteiger partial charge on any atom is -0.338 e. The highest BCUT2D eigenvalue weighted by Gasteiger charge is 2.53. The van der Waals surface area contributed by atoms with Gasteiger partial charge in [0, 0.05) is 38.4 Å². The van der Waals surface area contributed by atoms with E-state index in [1.54, 1.807) is 16.7 Å². The normalized spacial score (nSPS) is 28.8. The van der Waals surface area contributed by atoms with Crippen LogP contribution in [-0.4, -0.2) is 54.9 Å². The van der Waals surface area contributed by atoms with E-state index < -0.39 is 0 Å². The van der Waals surface area contributed by atoms with Gasteiger partial charge in [-0.2, -0.15) is 0 Å². The Kier molecular flexibility index (Phi) is 3.86. The van der Waals surface area contributed by atoms with Crippen LogP contribution < -0.4 is 0 Å². The Bertz CT molecular complexity index is 665. The average Bonchev–Trinajstić information content (AvgIpc) is 3.20. The molecule has 0 radical (unpaired) electrons. The maximum absolute atomic E-state index is 12.9. The Hall–Kier alpha value is -1.50. The predicted octanol–water partition coefficient (Wildman–Crippen LogP) is 1.63. The Morgan fingerprint density at radius 3 is 3.08 bits per heavy atom. The van der Waals surface area contributed by atoms with Crippen molar-refractivity contribution in [2.45, 2.75) is 63.0 Å². The summed E-state index contributed by atoms with van der Waals surface area (Å²) in [5.74, 6) is 1.99. The number of aryl methyl sites for hydroxylation is 2. The van der Waals surface area contributed by atoms with E-state index in [0.29, 0.717) is 18.7 Å². The highest BCUT2D eigenvalue weighted by molar-refractivity contribution is 8.01. The molecule has 0 bridgehead atoms. The van der Waals surface area contributed by atoms with E-state index in [9.17, 15) is 9.59 Å². The predicted molar refractivity (Wildman–Crippen MR) is 92.4 cm³/mol. The molecule has 1 aromatic rings. The number of rotatable bonds is 3. The Morgan fingerprint density at radius 2 is 2.29 bits per heavy atom. The first-order valence-electron chi connectivity index (χ1n) is 8.74. The van der Waals surface area contributed by atoms with Gasteiger partial charge in [-0.3, -0.25) is 9.59 Å². The van der Waals surface area contributed by atoms with Gasteiger partial charge in [0.1, 0.15) is 11.9 Å². The minimum absolute atomic E-state index is 0.0347. The summed E-state index contributed by atoms with van der Waals surface area (Å²) in [6.45, 7) is 3.62. The zero-order valence-electron chi connectivity index (χ0n) is 14.3. The van der Waals surface area contributed by atoms with Crippen molar-refractivity contribution in [2.24, 2.45) is 0 Å². The highest BCUT2D eigenvalue weighted by atomic mass is 32.2. The molecule has 130 valence electrons. The summed E-state index contributed by atoms with van der Waals surface area (Å²) >= 11 is 1.74. The van der Waals surface area contributed by atoms with E-state index in [-0.39, 0.29) is 22.7 Å². The van der Waals surface area contributed by atoms with Crippen LogP contribution in [0.2, 0.25) is 0 Å². The zero-order valence-corrected chi connectivity index (χ0v) is 15.1. The lowest BCUT2D eigenvalue weighted by atomic mass is 10.2. The molecule has 2 saturated heterocycles. The van der Waals surface area contributed by atoms with Crippen molar-refractivity contribution in [3.8, 4) is 0 Å². The molecule has 0 aliphatic carbocycles. The molecule has 24 heavy (non-hydrogen) atoms. The standard InChI is InChI=1S/C17H24N4O2S/c1-17-7-6-15(22)21(17)13(11-24-17)16(23)19(2)9-12-10-20-8-4-3-5-14(20)18-12/h10,13H,3-9,11H2,1-2H3/t13-,17+/m0/s1. The summed E-state index contributed by atoms with van der Waals surface area (Å²) in [7, 11) is 1.82. The van der Waals surface area contributed by atoms with Gasteiger partial charge < -0.3 is 14.4 Å². The van der Waals surface area contributed by atoms with Crippen LogP contribution in [0.1, 0.15) is 44.1 Å². The van der Waals surface area contributed by atoms with Crippen molar-refractivity contribution in [3.05, 3.63) is 17.7 Å². The number of nitrogens with zero attached hydrogens (tertiary/aromatic N) is 4. The second-order valence-corrected chi connectivity index (χ2v) is 8.76. The summed E-state index contributed by atoms with van der Waals surface area (Å²) in [5, 5.41) is 0. The van der Waals surface area contributed by atoms with E-state index in [2.05, 4.69) is 22.7 Å². The smallest absolute Gasteiger partial charge is 0.246 e. The largest absolute Gasteiger partial charge is 0.338 e. The quantitative estimate of drug-likeness (QED) is 0.833. The molecule has 2 amide bonds. The Morgan fingerprint density at radius 1 is 1.46 bits per heavy atom. The average molecular weight is 348 g/mol. The van der Waals surface area contributed by atoms with Gasteiger partial charge in [-0.25, -0.2) is 4.98 Å². The van der Waals surface area contributed by atoms with Gasteiger partial charge in [0.2, 0.25) is 11.8 Å². The lowest BCUT2D eigenvalue weighted by Gasteiger charge is -2.31. The van der Waals surface area contributed by atoms with Crippen LogP contribution >= 0.6 is 11.8 Å². The monoisotopic (exact) mass is 348 g/mol. The van der Waals surface area contributed by atoms with E-state index in [1.165, 1.54) is 12.8 Å². The number of imidazole rings is 1. The van der Waals surface area contributed by atoms with Crippen LogP contribution in [0.25, 0.3) is 0 Å². The van der Waals surface area contributed by atoms with E-state index >= 15 is 0 Å². The summed E-state index contributed by atoms with van der Waals surface area (Å²) in [6.07, 6.45) is 6.90. The van der Waals surface area contributed by atoms with Crippen molar-refractivity contribution in [2.75, 3.05) is 12.8 Å². The van der Waals surface area contributed by atoms with Crippen molar-refractivity contribution in [3.63, 3.8) is 0 Å². The van der Waals surface area contributed by atoms with Crippen LogP contribution in [0.3, 0.4) is 0 Å². The second kappa shape index (κ2) is 5.79. The fourth-order valence-corrected chi connectivity index (χ4v) is 5.55. The fraction of sp³-hybridized carbons (Fsp3) is 0.706. The molecule has 0 unspecified atom stereocenters. The summed E-state index contributed by atoms with van der Waals surface area (Å²) in [6, 6.07) is -0.322. The molecule has 2 atom stereocenters. The number of hydrogen-bond donors (Lipinski definition) is 0. The van der Waals surface area contributed by atoms with E-state index in [0.717, 1.165) is 30.9 Å². The van der Waals surface area contributed by atoms with Gasteiger partial charge in [0.25, 0.3) is 0 Å². The molecule has 0 spiro atoms. The summed E-state index contributed by atoms with van der Waals surface area (Å²) in [5.41, 5.74) is 0.948. The molecular weight excluding hydrogens is 324 g/mol. The van der Waals surface area contributed by atoms with Crippen LogP contribution in [0.4, 0.5) is 0 Å². The Labute approximate surface area is 146 Å². The number of carbonyl (C=O) groups is 2. The van der Waals surface area contributed by atoms with Crippen molar-refractivity contribution >= 4 is 23.6 Å². The zero-order chi connectivity index (χ0) is 16.9. The minimum atomic E-state index is -0.322. The summed E-state index contributed by atoms with van der Waals surface area (Å²) < 4.78 is 2.21. The molecule has 0 saturated carbocycles. The molecule has 4 rings (SSSR count). The molecule has 4 heterocycles. The number of fused-ring (bicyclic) bond motifs is 2. The number of amides is 2. The summed E-state index contributed by atoms with van der Waals surface area (Å²) in [4.78, 5) is 33.2. The topological polar surface area (TPSA) is 58.4 Å². The molecule has 0 aromatic carbocycles. The molecule has 7 heteroatoms. The van der Waals surface area contributed by atoms with E-state index in [1.807, 2.05) is 11.9 Å². The number of likely N-dealkylation sites (N-methyl/N-ethyl adjacent to an activating group) is 1. The van der Waals surface area contributed by atoms with Crippen LogP contribution in [0.15, 0.2) is 6.20 Å². The molecule has 6 nitrogen and oxygen atoms in total. The second-order valence-electron chi connectivity index (χ2n) is 7.26. The number of thioether (sulfide) groups is 1. The fourth-order valence-electron chi connectivity index (χ4n) is 4.13. The maximum atomic E-state index is 12.9. The molecular formula is C17H24N4O2S. The number of aromatic nitrogens is 2. The van der Waals surface area contributed by atoms with Gasteiger partial charge in [-0.15, -0.1) is 11.8 Å². The third kappa shape index (κ3) is 2.53. The van der Waals surface area contributed by atoms with Crippen LogP contribution in [0.5, 0.6) is 0 Å². The first kappa shape index (κ1) is 16.0. The first-order valence-corrected chi connectivity index (χ1v) is 9.72. The van der Waals surface area contributed by atoms with Crippen molar-refractivity contribution in [1.29, 1.82) is 0 Å². The van der Waals surface area contributed by atoms with Gasteiger partial charge >= 0.3 is 0 Å². The van der Waals surface area contributed by atoms with Crippen molar-refractivity contribution in [1.82, 2.24) is 19.4 Å². The Balaban J connectivity index is 1.46. The van der Waals surface area contributed by atoms with Crippen LogP contribution in [0, 0.1) is 0 Å². The maximum Gasteiger partial charge on any atom is 0.246 e. The SMILES string of the molecule is CN(Cc1cn2c(n1)CCCC2)C(=O)[C@@H]1CS[C@]2(C)CCC(=O)N12. The number of carbonyl (C=O) groups excluding carboxylic acids is 2. The third-order valence-electron chi connectivity index (χ3n) is 5.46. The molecule has 3 aliphatic rings. The van der Waals surface area contributed by atoms with Gasteiger partial charge in [-0.1, -0.05) is 0 Å². The van der Waals surface area contributed by atoms with Crippen LogP contribution in [-0.2, 0) is 29.1 Å². The van der Waals surface area contributed by atoms with Gasteiger partial charge in [-0.05, 0) is 26.2 Å². The third-order valence-corrected chi connectivity index (χ3v) is 6.97. The van der Waals surface area contributed by atoms with Crippen molar-refractivity contribution < 1.29 is 9.59 Å².